The molecule has 28 heavy (non-hydrogen) atoms. The smallest absolute Gasteiger partial charge is 0.140 e. The van der Waals surface area contributed by atoms with Gasteiger partial charge in [0.2, 0.25) is 0 Å². The molecule has 0 spiro atoms. The Morgan fingerprint density at radius 1 is 0.679 bits per heavy atom. The van der Waals surface area contributed by atoms with Crippen LogP contribution in [0.4, 0.5) is 0 Å². The summed E-state index contributed by atoms with van der Waals surface area (Å²) in [4.78, 5) is 2.15. The number of hydrogen-bond donors (Lipinski definition) is 1. The third-order valence-electron chi connectivity index (χ3n) is 5.29. The van der Waals surface area contributed by atoms with Crippen molar-refractivity contribution in [2.45, 2.75) is 12.1 Å². The van der Waals surface area contributed by atoms with Gasteiger partial charge in [0.15, 0.2) is 0 Å². The van der Waals surface area contributed by atoms with E-state index in [-0.39, 0.29) is 0 Å². The average Bonchev–Trinajstić information content (AvgIpc) is 2.74. The summed E-state index contributed by atoms with van der Waals surface area (Å²) in [5.74, 6) is 0. The number of aliphatic hydroxyl groups is 1. The Bertz CT molecular complexity index is 1030. The summed E-state index contributed by atoms with van der Waals surface area (Å²) in [5.41, 5.74) is 2.60. The van der Waals surface area contributed by atoms with Gasteiger partial charge in [-0.15, -0.1) is 0 Å². The van der Waals surface area contributed by atoms with E-state index < -0.39 is 5.60 Å². The van der Waals surface area contributed by atoms with Crippen LogP contribution in [0.25, 0.3) is 10.8 Å². The quantitative estimate of drug-likeness (QED) is 0.491. The van der Waals surface area contributed by atoms with Crippen LogP contribution in [0.2, 0.25) is 0 Å². The Morgan fingerprint density at radius 3 is 1.79 bits per heavy atom. The fraction of sp³-hybridized carbons (Fsp3) is 0.154. The zero-order valence-electron chi connectivity index (χ0n) is 16.3. The number of rotatable bonds is 5. The third kappa shape index (κ3) is 3.22. The van der Waals surface area contributed by atoms with Gasteiger partial charge in [0.25, 0.3) is 0 Å². The molecule has 0 unspecified atom stereocenters. The molecular formula is C26H25NO. The minimum Gasteiger partial charge on any atom is -0.376 e. The first-order chi connectivity index (χ1) is 13.6. The summed E-state index contributed by atoms with van der Waals surface area (Å²) >= 11 is 0. The van der Waals surface area contributed by atoms with Gasteiger partial charge < -0.3 is 10.0 Å². The summed E-state index contributed by atoms with van der Waals surface area (Å²) in [7, 11) is 4.13. The van der Waals surface area contributed by atoms with Crippen molar-refractivity contribution in [2.75, 3.05) is 14.1 Å². The molecule has 4 rings (SSSR count). The van der Waals surface area contributed by atoms with Crippen LogP contribution < -0.4 is 0 Å². The van der Waals surface area contributed by atoms with Crippen molar-refractivity contribution in [3.05, 3.63) is 119 Å². The zero-order chi connectivity index (χ0) is 19.6. The molecule has 0 amide bonds. The molecule has 0 heterocycles. The van der Waals surface area contributed by atoms with Crippen molar-refractivity contribution in [1.82, 2.24) is 4.90 Å². The van der Waals surface area contributed by atoms with Gasteiger partial charge in [-0.05, 0) is 47.1 Å². The van der Waals surface area contributed by atoms with Gasteiger partial charge in [0.05, 0.1) is 0 Å². The third-order valence-corrected chi connectivity index (χ3v) is 5.29. The first-order valence-electron chi connectivity index (χ1n) is 9.60. The molecule has 0 radical (unpaired) electrons. The second-order valence-corrected chi connectivity index (χ2v) is 7.49. The van der Waals surface area contributed by atoms with Gasteiger partial charge in [-0.3, -0.25) is 0 Å². The second kappa shape index (κ2) is 7.59. The van der Waals surface area contributed by atoms with Crippen LogP contribution in [0.5, 0.6) is 0 Å². The maximum absolute atomic E-state index is 12.3. The molecule has 140 valence electrons. The molecule has 2 heteroatoms. The van der Waals surface area contributed by atoms with Crippen LogP contribution in [0.3, 0.4) is 0 Å². The van der Waals surface area contributed by atoms with E-state index in [1.54, 1.807) is 0 Å². The molecule has 2 nitrogen and oxygen atoms in total. The van der Waals surface area contributed by atoms with Crippen LogP contribution in [-0.2, 0) is 12.1 Å². The topological polar surface area (TPSA) is 23.5 Å². The van der Waals surface area contributed by atoms with E-state index in [1.807, 2.05) is 60.7 Å². The Kier molecular flexibility index (Phi) is 4.99. The second-order valence-electron chi connectivity index (χ2n) is 7.49. The van der Waals surface area contributed by atoms with E-state index in [0.717, 1.165) is 28.8 Å². The van der Waals surface area contributed by atoms with Crippen LogP contribution in [0.15, 0.2) is 97.1 Å². The molecule has 0 atom stereocenters. The van der Waals surface area contributed by atoms with Crippen molar-refractivity contribution < 1.29 is 5.11 Å². The van der Waals surface area contributed by atoms with Gasteiger partial charge in [-0.25, -0.2) is 0 Å². The molecule has 0 fully saturated rings. The SMILES string of the molecule is CN(C)Cc1c(C(O)(c2ccccc2)c2ccccc2)ccc2ccccc12. The van der Waals surface area contributed by atoms with E-state index in [1.165, 1.54) is 10.8 Å². The Balaban J connectivity index is 2.06. The summed E-state index contributed by atoms with van der Waals surface area (Å²) in [6.07, 6.45) is 0. The largest absolute Gasteiger partial charge is 0.376 e. The van der Waals surface area contributed by atoms with Crippen molar-refractivity contribution >= 4 is 10.8 Å². The number of hydrogen-bond acceptors (Lipinski definition) is 2. The fourth-order valence-corrected chi connectivity index (χ4v) is 4.00. The van der Waals surface area contributed by atoms with E-state index in [2.05, 4.69) is 55.4 Å². The fourth-order valence-electron chi connectivity index (χ4n) is 4.00. The first kappa shape index (κ1) is 18.4. The predicted octanol–water partition coefficient (Wildman–Crippen LogP) is 5.19. The summed E-state index contributed by atoms with van der Waals surface area (Å²) in [5, 5.41) is 14.6. The van der Waals surface area contributed by atoms with Gasteiger partial charge >= 0.3 is 0 Å². The normalized spacial score (nSPS) is 11.9. The van der Waals surface area contributed by atoms with Crippen molar-refractivity contribution in [1.29, 1.82) is 0 Å². The van der Waals surface area contributed by atoms with Gasteiger partial charge in [-0.1, -0.05) is 97.1 Å². The standard InChI is InChI=1S/C26H25NO/c1-27(2)19-24-23-16-10-9-11-20(23)17-18-25(24)26(28,21-12-5-3-6-13-21)22-14-7-4-8-15-22/h3-18,28H,19H2,1-2H3. The molecule has 0 saturated carbocycles. The number of fused-ring (bicyclic) bond motifs is 1. The zero-order valence-corrected chi connectivity index (χ0v) is 16.3. The number of benzene rings is 4. The van der Waals surface area contributed by atoms with Gasteiger partial charge in [-0.2, -0.15) is 0 Å². The molecule has 0 saturated heterocycles. The minimum atomic E-state index is -1.22. The number of nitrogens with zero attached hydrogens (tertiary/aromatic N) is 1. The van der Waals surface area contributed by atoms with Crippen molar-refractivity contribution in [3.8, 4) is 0 Å². The maximum Gasteiger partial charge on any atom is 0.140 e. The lowest BCUT2D eigenvalue weighted by Gasteiger charge is -2.33. The molecule has 0 aliphatic rings. The summed E-state index contributed by atoms with van der Waals surface area (Å²) in [6, 6.07) is 32.5. The molecule has 1 N–H and O–H groups in total. The van der Waals surface area contributed by atoms with Crippen LogP contribution in [0, 0.1) is 0 Å². The van der Waals surface area contributed by atoms with Crippen LogP contribution in [-0.4, -0.2) is 24.1 Å². The highest BCUT2D eigenvalue weighted by Gasteiger charge is 2.36. The van der Waals surface area contributed by atoms with E-state index in [4.69, 9.17) is 0 Å². The Morgan fingerprint density at radius 2 is 1.21 bits per heavy atom. The highest BCUT2D eigenvalue weighted by molar-refractivity contribution is 5.87. The average molecular weight is 367 g/mol. The lowest BCUT2D eigenvalue weighted by molar-refractivity contribution is 0.124. The molecule has 0 bridgehead atoms. The maximum atomic E-state index is 12.3. The molecule has 4 aromatic rings. The highest BCUT2D eigenvalue weighted by Crippen LogP contribution is 2.40. The summed E-state index contributed by atoms with van der Waals surface area (Å²) in [6.45, 7) is 0.749. The molecule has 0 aromatic heterocycles. The predicted molar refractivity (Wildman–Crippen MR) is 116 cm³/mol. The van der Waals surface area contributed by atoms with E-state index >= 15 is 0 Å². The Hall–Kier alpha value is -2.94. The highest BCUT2D eigenvalue weighted by atomic mass is 16.3. The first-order valence-corrected chi connectivity index (χ1v) is 9.60. The van der Waals surface area contributed by atoms with Crippen LogP contribution in [0.1, 0.15) is 22.3 Å². The summed E-state index contributed by atoms with van der Waals surface area (Å²) < 4.78 is 0. The van der Waals surface area contributed by atoms with Crippen molar-refractivity contribution in [3.63, 3.8) is 0 Å². The molecule has 0 aliphatic carbocycles. The van der Waals surface area contributed by atoms with Crippen molar-refractivity contribution in [2.24, 2.45) is 0 Å². The Labute approximate surface area is 166 Å². The lowest BCUT2D eigenvalue weighted by Crippen LogP contribution is -2.31. The molecule has 4 aromatic carbocycles. The molecule has 0 aliphatic heterocycles. The molecular weight excluding hydrogens is 342 g/mol. The van der Waals surface area contributed by atoms with E-state index in [9.17, 15) is 5.11 Å². The van der Waals surface area contributed by atoms with Gasteiger partial charge in [0, 0.05) is 6.54 Å². The van der Waals surface area contributed by atoms with E-state index in [0.29, 0.717) is 0 Å². The minimum absolute atomic E-state index is 0.749. The van der Waals surface area contributed by atoms with Crippen LogP contribution >= 0.6 is 0 Å². The van der Waals surface area contributed by atoms with Gasteiger partial charge in [0.1, 0.15) is 5.60 Å². The monoisotopic (exact) mass is 367 g/mol. The lowest BCUT2D eigenvalue weighted by atomic mass is 9.77.